The smallest absolute Gasteiger partial charge is 0.181 e. The summed E-state index contributed by atoms with van der Waals surface area (Å²) >= 11 is 1.48. The van der Waals surface area contributed by atoms with Crippen molar-refractivity contribution >= 4 is 28.6 Å². The second kappa shape index (κ2) is 2.68. The third-order valence-corrected chi connectivity index (χ3v) is 2.76. The third-order valence-electron chi connectivity index (χ3n) is 1.89. The van der Waals surface area contributed by atoms with Gasteiger partial charge in [0.25, 0.3) is 0 Å². The largest absolute Gasteiger partial charge is 0.375 e. The fraction of sp³-hybridized carbons (Fsp3) is 0.222. The molecule has 0 fully saturated rings. The number of nitrogens with zero attached hydrogens (tertiary/aromatic N) is 1. The van der Waals surface area contributed by atoms with Gasteiger partial charge in [-0.05, 0) is 19.1 Å². The highest BCUT2D eigenvalue weighted by Gasteiger charge is 2.14. The van der Waals surface area contributed by atoms with E-state index in [9.17, 15) is 0 Å². The van der Waals surface area contributed by atoms with Crippen LogP contribution >= 0.6 is 11.3 Å². The van der Waals surface area contributed by atoms with Crippen LogP contribution in [-0.2, 0) is 0 Å². The standard InChI is InChI=1S/C9H11N3S/c1-9(11)4-2-6-7(3-5-9)13-8(10)12-6/h2-5H,11H2,1H3,(H2,10,12). The molecule has 0 bridgehead atoms. The maximum Gasteiger partial charge on any atom is 0.181 e. The first-order valence-corrected chi connectivity index (χ1v) is 4.82. The minimum absolute atomic E-state index is 0.380. The van der Waals surface area contributed by atoms with E-state index < -0.39 is 0 Å². The van der Waals surface area contributed by atoms with Crippen molar-refractivity contribution in [2.45, 2.75) is 12.5 Å². The number of hydrogen-bond donors (Lipinski definition) is 2. The lowest BCUT2D eigenvalue weighted by atomic mass is 10.0. The molecule has 68 valence electrons. The summed E-state index contributed by atoms with van der Waals surface area (Å²) in [5.41, 5.74) is 12.0. The molecule has 1 heterocycles. The predicted molar refractivity (Wildman–Crippen MR) is 57.2 cm³/mol. The van der Waals surface area contributed by atoms with E-state index in [2.05, 4.69) is 4.98 Å². The van der Waals surface area contributed by atoms with Gasteiger partial charge in [0.1, 0.15) is 0 Å². The fourth-order valence-electron chi connectivity index (χ4n) is 1.17. The van der Waals surface area contributed by atoms with Crippen LogP contribution in [0.3, 0.4) is 0 Å². The van der Waals surface area contributed by atoms with Crippen molar-refractivity contribution in [1.82, 2.24) is 4.98 Å². The lowest BCUT2D eigenvalue weighted by Gasteiger charge is -2.12. The Morgan fingerprint density at radius 1 is 1.38 bits per heavy atom. The van der Waals surface area contributed by atoms with Crippen LogP contribution in [0.4, 0.5) is 5.13 Å². The van der Waals surface area contributed by atoms with Crippen molar-refractivity contribution in [2.75, 3.05) is 5.73 Å². The van der Waals surface area contributed by atoms with Crippen LogP contribution in [0.15, 0.2) is 12.2 Å². The van der Waals surface area contributed by atoms with Gasteiger partial charge >= 0.3 is 0 Å². The van der Waals surface area contributed by atoms with E-state index in [1.54, 1.807) is 0 Å². The molecule has 3 nitrogen and oxygen atoms in total. The Morgan fingerprint density at radius 3 is 2.85 bits per heavy atom. The third kappa shape index (κ3) is 1.64. The van der Waals surface area contributed by atoms with Crippen molar-refractivity contribution in [3.8, 4) is 0 Å². The van der Waals surface area contributed by atoms with Gasteiger partial charge in [-0.25, -0.2) is 4.98 Å². The van der Waals surface area contributed by atoms with Gasteiger partial charge in [0, 0.05) is 0 Å². The zero-order valence-corrected chi connectivity index (χ0v) is 8.14. The number of aromatic nitrogens is 1. The normalized spacial score (nSPS) is 25.7. The van der Waals surface area contributed by atoms with Crippen molar-refractivity contribution in [2.24, 2.45) is 5.73 Å². The second-order valence-corrected chi connectivity index (χ2v) is 4.40. The molecule has 0 saturated carbocycles. The SMILES string of the molecule is CC1(N)C=Cc2nc(N)sc2C=C1. The van der Waals surface area contributed by atoms with E-state index in [1.807, 2.05) is 31.2 Å². The van der Waals surface area contributed by atoms with Gasteiger partial charge in [0.15, 0.2) is 5.13 Å². The van der Waals surface area contributed by atoms with E-state index in [4.69, 9.17) is 11.5 Å². The van der Waals surface area contributed by atoms with Gasteiger partial charge in [-0.2, -0.15) is 0 Å². The minimum atomic E-state index is -0.380. The monoisotopic (exact) mass is 193 g/mol. The zero-order chi connectivity index (χ0) is 9.47. The first-order chi connectivity index (χ1) is 6.07. The summed E-state index contributed by atoms with van der Waals surface area (Å²) in [4.78, 5) is 5.25. The Kier molecular flexibility index (Phi) is 1.75. The number of nitrogen functional groups attached to an aromatic ring is 1. The van der Waals surface area contributed by atoms with Crippen molar-refractivity contribution in [3.05, 3.63) is 22.7 Å². The van der Waals surface area contributed by atoms with Crippen LogP contribution < -0.4 is 11.5 Å². The molecule has 0 saturated heterocycles. The molecule has 1 unspecified atom stereocenters. The molecule has 0 aromatic carbocycles. The van der Waals surface area contributed by atoms with Gasteiger partial charge in [-0.15, -0.1) is 0 Å². The highest BCUT2D eigenvalue weighted by molar-refractivity contribution is 7.16. The molecular formula is C9H11N3S. The lowest BCUT2D eigenvalue weighted by molar-refractivity contribution is 0.743. The van der Waals surface area contributed by atoms with Crippen molar-refractivity contribution in [1.29, 1.82) is 0 Å². The van der Waals surface area contributed by atoms with Crippen molar-refractivity contribution in [3.63, 3.8) is 0 Å². The Labute approximate surface area is 80.8 Å². The van der Waals surface area contributed by atoms with Crippen LogP contribution in [0.1, 0.15) is 17.5 Å². The van der Waals surface area contributed by atoms with Crippen molar-refractivity contribution < 1.29 is 0 Å². The second-order valence-electron chi connectivity index (χ2n) is 3.33. The maximum atomic E-state index is 5.93. The summed E-state index contributed by atoms with van der Waals surface area (Å²) in [7, 11) is 0. The van der Waals surface area contributed by atoms with Gasteiger partial charge in [0.2, 0.25) is 0 Å². The van der Waals surface area contributed by atoms with E-state index in [0.29, 0.717) is 5.13 Å². The van der Waals surface area contributed by atoms with Crippen LogP contribution in [0.5, 0.6) is 0 Å². The molecule has 1 aliphatic rings. The van der Waals surface area contributed by atoms with E-state index in [1.165, 1.54) is 11.3 Å². The highest BCUT2D eigenvalue weighted by atomic mass is 32.1. The van der Waals surface area contributed by atoms with E-state index in [-0.39, 0.29) is 5.54 Å². The Morgan fingerprint density at radius 2 is 2.08 bits per heavy atom. The molecule has 0 aliphatic heterocycles. The number of hydrogen-bond acceptors (Lipinski definition) is 4. The predicted octanol–water partition coefficient (Wildman–Crippen LogP) is 1.48. The molecule has 1 aliphatic carbocycles. The van der Waals surface area contributed by atoms with Gasteiger partial charge in [-0.1, -0.05) is 23.5 Å². The molecule has 0 amide bonds. The Balaban J connectivity index is 2.50. The van der Waals surface area contributed by atoms with E-state index >= 15 is 0 Å². The van der Waals surface area contributed by atoms with Crippen LogP contribution in [-0.4, -0.2) is 10.5 Å². The summed E-state index contributed by atoms with van der Waals surface area (Å²) < 4.78 is 0. The number of anilines is 1. The summed E-state index contributed by atoms with van der Waals surface area (Å²) in [6, 6.07) is 0. The quantitative estimate of drug-likeness (QED) is 0.656. The summed E-state index contributed by atoms with van der Waals surface area (Å²) in [6.07, 6.45) is 7.77. The van der Waals surface area contributed by atoms with Crippen LogP contribution in [0, 0.1) is 0 Å². The summed E-state index contributed by atoms with van der Waals surface area (Å²) in [5, 5.41) is 0.597. The van der Waals surface area contributed by atoms with Gasteiger partial charge < -0.3 is 11.5 Å². The number of fused-ring (bicyclic) bond motifs is 1. The average molecular weight is 193 g/mol. The Hall–Kier alpha value is -1.13. The molecule has 2 rings (SSSR count). The first-order valence-electron chi connectivity index (χ1n) is 4.00. The van der Waals surface area contributed by atoms with Gasteiger partial charge in [-0.3, -0.25) is 0 Å². The Bertz CT molecular complexity index is 354. The highest BCUT2D eigenvalue weighted by Crippen LogP contribution is 2.26. The van der Waals surface area contributed by atoms with Gasteiger partial charge in [0.05, 0.1) is 16.1 Å². The number of nitrogens with two attached hydrogens (primary N) is 2. The molecule has 13 heavy (non-hydrogen) atoms. The average Bonchev–Trinajstić information content (AvgIpc) is 2.34. The molecular weight excluding hydrogens is 182 g/mol. The maximum absolute atomic E-state index is 5.93. The fourth-order valence-corrected chi connectivity index (χ4v) is 1.89. The molecule has 0 spiro atoms. The number of rotatable bonds is 0. The number of thiazole rings is 1. The van der Waals surface area contributed by atoms with E-state index in [0.717, 1.165) is 10.6 Å². The topological polar surface area (TPSA) is 64.9 Å². The summed E-state index contributed by atoms with van der Waals surface area (Å²) in [5.74, 6) is 0. The lowest BCUT2D eigenvalue weighted by Crippen LogP contribution is -2.30. The molecule has 0 radical (unpaired) electrons. The molecule has 1 aromatic rings. The molecule has 4 N–H and O–H groups in total. The first kappa shape index (κ1) is 8.47. The van der Waals surface area contributed by atoms with Crippen LogP contribution in [0.25, 0.3) is 12.2 Å². The minimum Gasteiger partial charge on any atom is -0.375 e. The van der Waals surface area contributed by atoms with Crippen LogP contribution in [0.2, 0.25) is 0 Å². The molecule has 1 atom stereocenters. The zero-order valence-electron chi connectivity index (χ0n) is 7.32. The molecule has 1 aromatic heterocycles. The molecule has 4 heteroatoms. The summed E-state index contributed by atoms with van der Waals surface area (Å²) in [6.45, 7) is 1.94.